The Labute approximate surface area is 168 Å². The van der Waals surface area contributed by atoms with E-state index in [1.807, 2.05) is 25.3 Å². The minimum Gasteiger partial charge on any atom is -0.333 e. The largest absolute Gasteiger partial charge is 0.333 e. The van der Waals surface area contributed by atoms with E-state index in [0.29, 0.717) is 12.5 Å². The number of rotatable bonds is 7. The summed E-state index contributed by atoms with van der Waals surface area (Å²) in [5, 5.41) is 3.05. The van der Waals surface area contributed by atoms with Gasteiger partial charge in [0.2, 0.25) is 5.91 Å². The van der Waals surface area contributed by atoms with Crippen molar-refractivity contribution in [3.63, 3.8) is 0 Å². The lowest BCUT2D eigenvalue weighted by Gasteiger charge is -2.34. The highest BCUT2D eigenvalue weighted by atomic mass is 16.2. The van der Waals surface area contributed by atoms with Crippen molar-refractivity contribution in [3.8, 4) is 0 Å². The van der Waals surface area contributed by atoms with Gasteiger partial charge in [0.05, 0.1) is 6.54 Å². The summed E-state index contributed by atoms with van der Waals surface area (Å²) in [6, 6.07) is 6.12. The molecule has 0 spiro atoms. The molecule has 28 heavy (non-hydrogen) atoms. The number of carbonyl (C=O) groups excluding carboxylic acids is 1. The van der Waals surface area contributed by atoms with Gasteiger partial charge in [0.25, 0.3) is 0 Å². The van der Waals surface area contributed by atoms with E-state index in [9.17, 15) is 4.79 Å². The van der Waals surface area contributed by atoms with Gasteiger partial charge in [0.1, 0.15) is 5.82 Å². The Morgan fingerprint density at radius 1 is 1.11 bits per heavy atom. The van der Waals surface area contributed by atoms with Crippen LogP contribution in [0.5, 0.6) is 0 Å². The lowest BCUT2D eigenvalue weighted by molar-refractivity contribution is -0.117. The summed E-state index contributed by atoms with van der Waals surface area (Å²) in [4.78, 5) is 21.6. The molecular weight excluding hydrogens is 350 g/mol. The maximum absolute atomic E-state index is 12.4. The third-order valence-corrected chi connectivity index (χ3v) is 5.41. The molecule has 0 radical (unpaired) electrons. The van der Waals surface area contributed by atoms with Crippen LogP contribution in [0, 0.1) is 13.8 Å². The second-order valence-electron chi connectivity index (χ2n) is 8.12. The van der Waals surface area contributed by atoms with Crippen molar-refractivity contribution >= 4 is 11.6 Å². The van der Waals surface area contributed by atoms with Crippen LogP contribution in [0.3, 0.4) is 0 Å². The lowest BCUT2D eigenvalue weighted by Crippen LogP contribution is -2.49. The number of piperazine rings is 1. The van der Waals surface area contributed by atoms with E-state index in [2.05, 4.69) is 57.7 Å². The van der Waals surface area contributed by atoms with Crippen molar-refractivity contribution < 1.29 is 4.79 Å². The Bertz CT molecular complexity index is 790. The number of aryl methyl sites for hydroxylation is 2. The Balaban J connectivity index is 1.41. The number of hydrogen-bond donors (Lipinski definition) is 1. The summed E-state index contributed by atoms with van der Waals surface area (Å²) in [6.45, 7) is 14.8. The van der Waals surface area contributed by atoms with E-state index in [1.54, 1.807) is 0 Å². The lowest BCUT2D eigenvalue weighted by atomic mass is 10.1. The van der Waals surface area contributed by atoms with E-state index >= 15 is 0 Å². The van der Waals surface area contributed by atoms with E-state index in [0.717, 1.165) is 56.3 Å². The minimum atomic E-state index is 0.0698. The van der Waals surface area contributed by atoms with Gasteiger partial charge in [-0.2, -0.15) is 0 Å². The number of amides is 1. The molecule has 1 aromatic heterocycles. The van der Waals surface area contributed by atoms with Crippen LogP contribution in [0.25, 0.3) is 0 Å². The normalized spacial score (nSPS) is 15.9. The third kappa shape index (κ3) is 5.42. The molecule has 1 aliphatic heterocycles. The monoisotopic (exact) mass is 383 g/mol. The third-order valence-electron chi connectivity index (χ3n) is 5.41. The zero-order valence-corrected chi connectivity index (χ0v) is 17.6. The van der Waals surface area contributed by atoms with Crippen molar-refractivity contribution in [2.45, 2.75) is 40.2 Å². The highest BCUT2D eigenvalue weighted by Crippen LogP contribution is 2.16. The molecule has 2 aromatic rings. The number of anilines is 1. The van der Waals surface area contributed by atoms with Crippen LogP contribution in [-0.4, -0.2) is 64.5 Å². The first-order valence-electron chi connectivity index (χ1n) is 10.2. The standard InChI is InChI=1S/C22H33N5O/c1-17(2)22-23-7-8-27(22)14-13-25-9-11-26(12-10-25)16-21(28)24-20-6-5-18(3)15-19(20)4/h5-8,15,17H,9-14,16H2,1-4H3,(H,24,28). The number of benzene rings is 1. The molecule has 0 aliphatic carbocycles. The Morgan fingerprint density at radius 2 is 1.82 bits per heavy atom. The molecular formula is C22H33N5O. The van der Waals surface area contributed by atoms with Crippen LogP contribution in [0.15, 0.2) is 30.6 Å². The molecule has 152 valence electrons. The number of aromatic nitrogens is 2. The van der Waals surface area contributed by atoms with Crippen LogP contribution in [0.4, 0.5) is 5.69 Å². The van der Waals surface area contributed by atoms with Gasteiger partial charge in [0, 0.05) is 63.3 Å². The first-order chi connectivity index (χ1) is 13.4. The fourth-order valence-electron chi connectivity index (χ4n) is 3.78. The maximum Gasteiger partial charge on any atom is 0.238 e. The van der Waals surface area contributed by atoms with Gasteiger partial charge in [-0.05, 0) is 25.5 Å². The summed E-state index contributed by atoms with van der Waals surface area (Å²) in [5.74, 6) is 1.67. The van der Waals surface area contributed by atoms with Crippen LogP contribution in [0.1, 0.15) is 36.7 Å². The second kappa shape index (κ2) is 9.34. The van der Waals surface area contributed by atoms with Gasteiger partial charge in [-0.1, -0.05) is 31.5 Å². The highest BCUT2D eigenvalue weighted by Gasteiger charge is 2.19. The van der Waals surface area contributed by atoms with Crippen LogP contribution >= 0.6 is 0 Å². The quantitative estimate of drug-likeness (QED) is 0.799. The van der Waals surface area contributed by atoms with E-state index < -0.39 is 0 Å². The van der Waals surface area contributed by atoms with Crippen molar-refractivity contribution in [2.24, 2.45) is 0 Å². The van der Waals surface area contributed by atoms with Gasteiger partial charge in [-0.15, -0.1) is 0 Å². The summed E-state index contributed by atoms with van der Waals surface area (Å²) in [5.41, 5.74) is 3.23. The van der Waals surface area contributed by atoms with E-state index in [1.165, 1.54) is 5.56 Å². The van der Waals surface area contributed by atoms with Crippen LogP contribution in [-0.2, 0) is 11.3 Å². The molecule has 1 N–H and O–H groups in total. The molecule has 3 rings (SSSR count). The van der Waals surface area contributed by atoms with Crippen molar-refractivity contribution in [1.82, 2.24) is 19.4 Å². The van der Waals surface area contributed by atoms with E-state index in [-0.39, 0.29) is 5.91 Å². The second-order valence-corrected chi connectivity index (χ2v) is 8.12. The zero-order chi connectivity index (χ0) is 20.1. The molecule has 6 nitrogen and oxygen atoms in total. The topological polar surface area (TPSA) is 53.4 Å². The van der Waals surface area contributed by atoms with Crippen LogP contribution < -0.4 is 5.32 Å². The maximum atomic E-state index is 12.4. The van der Waals surface area contributed by atoms with E-state index in [4.69, 9.17) is 0 Å². The predicted molar refractivity (Wildman–Crippen MR) is 114 cm³/mol. The fourth-order valence-corrected chi connectivity index (χ4v) is 3.78. The molecule has 1 aliphatic rings. The van der Waals surface area contributed by atoms with Crippen molar-refractivity contribution in [1.29, 1.82) is 0 Å². The highest BCUT2D eigenvalue weighted by molar-refractivity contribution is 5.93. The van der Waals surface area contributed by atoms with Gasteiger partial charge >= 0.3 is 0 Å². The van der Waals surface area contributed by atoms with Crippen molar-refractivity contribution in [2.75, 3.05) is 44.6 Å². The fraction of sp³-hybridized carbons (Fsp3) is 0.545. The first-order valence-corrected chi connectivity index (χ1v) is 10.2. The van der Waals surface area contributed by atoms with Crippen LogP contribution in [0.2, 0.25) is 0 Å². The average molecular weight is 384 g/mol. The molecule has 1 amide bonds. The smallest absolute Gasteiger partial charge is 0.238 e. The number of nitrogens with one attached hydrogen (secondary N) is 1. The zero-order valence-electron chi connectivity index (χ0n) is 17.6. The molecule has 0 bridgehead atoms. The Hall–Kier alpha value is -2.18. The van der Waals surface area contributed by atoms with Gasteiger partial charge < -0.3 is 9.88 Å². The summed E-state index contributed by atoms with van der Waals surface area (Å²) >= 11 is 0. The SMILES string of the molecule is Cc1ccc(NC(=O)CN2CCN(CCn3ccnc3C(C)C)CC2)c(C)c1. The Morgan fingerprint density at radius 3 is 2.50 bits per heavy atom. The van der Waals surface area contributed by atoms with Gasteiger partial charge in [-0.3, -0.25) is 14.6 Å². The van der Waals surface area contributed by atoms with Crippen molar-refractivity contribution in [3.05, 3.63) is 47.5 Å². The predicted octanol–water partition coefficient (Wildman–Crippen LogP) is 2.88. The molecule has 1 fully saturated rings. The number of nitrogens with zero attached hydrogens (tertiary/aromatic N) is 4. The molecule has 0 saturated carbocycles. The number of imidazole rings is 1. The first kappa shape index (κ1) is 20.6. The summed E-state index contributed by atoms with van der Waals surface area (Å²) < 4.78 is 2.26. The average Bonchev–Trinajstić information content (AvgIpc) is 3.12. The molecule has 6 heteroatoms. The minimum absolute atomic E-state index is 0.0698. The molecule has 0 atom stereocenters. The molecule has 0 unspecified atom stereocenters. The van der Waals surface area contributed by atoms with Gasteiger partial charge in [-0.25, -0.2) is 4.98 Å². The Kier molecular flexibility index (Phi) is 6.86. The van der Waals surface area contributed by atoms with Gasteiger partial charge in [0.15, 0.2) is 0 Å². The summed E-state index contributed by atoms with van der Waals surface area (Å²) in [6.07, 6.45) is 3.96. The molecule has 1 aromatic carbocycles. The molecule has 1 saturated heterocycles. The summed E-state index contributed by atoms with van der Waals surface area (Å²) in [7, 11) is 0. The number of hydrogen-bond acceptors (Lipinski definition) is 4. The molecule has 2 heterocycles. The number of carbonyl (C=O) groups is 1.